The molecule has 3 atom stereocenters. The third kappa shape index (κ3) is 3.45. The van der Waals surface area contributed by atoms with Crippen LogP contribution in [0, 0.1) is 11.3 Å². The predicted octanol–water partition coefficient (Wildman–Crippen LogP) is 3.60. The van der Waals surface area contributed by atoms with Crippen LogP contribution in [-0.2, 0) is 0 Å². The number of ether oxygens (including phenoxy) is 2. The molecule has 0 spiro atoms. The van der Waals surface area contributed by atoms with E-state index in [1.807, 2.05) is 23.1 Å². The Hall–Kier alpha value is -3.88. The first-order chi connectivity index (χ1) is 15.6. The van der Waals surface area contributed by atoms with E-state index in [2.05, 4.69) is 15.5 Å². The molecule has 0 unspecified atom stereocenters. The quantitative estimate of drug-likeness (QED) is 0.390. The summed E-state index contributed by atoms with van der Waals surface area (Å²) in [6, 6.07) is 11.0. The summed E-state index contributed by atoms with van der Waals surface area (Å²) in [6.45, 7) is 0. The Morgan fingerprint density at radius 1 is 1.22 bits per heavy atom. The van der Waals surface area contributed by atoms with Crippen molar-refractivity contribution in [2.45, 2.75) is 24.9 Å². The molecule has 3 N–H and O–H groups in total. The first-order valence-corrected chi connectivity index (χ1v) is 10.5. The Balaban J connectivity index is 1.50. The molecule has 3 aromatic rings. The summed E-state index contributed by atoms with van der Waals surface area (Å²) in [4.78, 5) is 23.9. The summed E-state index contributed by atoms with van der Waals surface area (Å²) in [5.41, 5.74) is 5.63. The molecular weight excluding hydrogens is 408 g/mol. The molecule has 2 aromatic carbocycles. The van der Waals surface area contributed by atoms with E-state index in [0.717, 1.165) is 41.7 Å². The molecule has 164 valence electrons. The minimum atomic E-state index is -0.131. The SMILES string of the molecule is COc1ccc(N/N=C\C=N)c(C(=O)N2[C@@H]3C[C@@H]3C[C@H]2c2nc3ccc(OC)cc3[nH]2)c1. The van der Waals surface area contributed by atoms with E-state index in [9.17, 15) is 4.79 Å². The fourth-order valence-corrected chi connectivity index (χ4v) is 4.49. The van der Waals surface area contributed by atoms with Gasteiger partial charge in [-0.3, -0.25) is 10.2 Å². The summed E-state index contributed by atoms with van der Waals surface area (Å²) in [5.74, 6) is 2.53. The number of rotatable bonds is 7. The number of benzene rings is 2. The van der Waals surface area contributed by atoms with E-state index in [0.29, 0.717) is 22.9 Å². The van der Waals surface area contributed by atoms with Crippen molar-refractivity contribution in [2.75, 3.05) is 19.6 Å². The molecule has 9 heteroatoms. The van der Waals surface area contributed by atoms with Crippen molar-refractivity contribution in [3.8, 4) is 11.5 Å². The molecule has 0 radical (unpaired) electrons. The summed E-state index contributed by atoms with van der Waals surface area (Å²) in [7, 11) is 3.21. The van der Waals surface area contributed by atoms with E-state index in [1.54, 1.807) is 32.4 Å². The highest BCUT2D eigenvalue weighted by atomic mass is 16.5. The number of H-pyrrole nitrogens is 1. The van der Waals surface area contributed by atoms with Gasteiger partial charge in [-0.2, -0.15) is 5.10 Å². The van der Waals surface area contributed by atoms with Crippen molar-refractivity contribution in [1.29, 1.82) is 5.41 Å². The first-order valence-electron chi connectivity index (χ1n) is 10.5. The van der Waals surface area contributed by atoms with Gasteiger partial charge in [-0.1, -0.05) is 0 Å². The van der Waals surface area contributed by atoms with Crippen LogP contribution < -0.4 is 14.9 Å². The minimum Gasteiger partial charge on any atom is -0.497 e. The van der Waals surface area contributed by atoms with Crippen LogP contribution in [0.25, 0.3) is 11.0 Å². The summed E-state index contributed by atoms with van der Waals surface area (Å²) < 4.78 is 10.7. The summed E-state index contributed by atoms with van der Waals surface area (Å²) in [5, 5.41) is 11.1. The number of aromatic amines is 1. The number of carbonyl (C=O) groups is 1. The van der Waals surface area contributed by atoms with Crippen LogP contribution in [0.4, 0.5) is 5.69 Å². The highest BCUT2D eigenvalue weighted by molar-refractivity contribution is 6.14. The zero-order valence-corrected chi connectivity index (χ0v) is 17.8. The zero-order valence-electron chi connectivity index (χ0n) is 17.8. The number of methoxy groups -OCH3 is 2. The van der Waals surface area contributed by atoms with Gasteiger partial charge in [0, 0.05) is 18.3 Å². The van der Waals surface area contributed by atoms with E-state index in [1.165, 1.54) is 6.21 Å². The number of amides is 1. The van der Waals surface area contributed by atoms with Gasteiger partial charge in [0.25, 0.3) is 5.91 Å². The lowest BCUT2D eigenvalue weighted by atomic mass is 10.1. The van der Waals surface area contributed by atoms with Crippen LogP contribution in [0.15, 0.2) is 41.5 Å². The molecule has 1 aromatic heterocycles. The van der Waals surface area contributed by atoms with Crippen molar-refractivity contribution in [3.63, 3.8) is 0 Å². The van der Waals surface area contributed by atoms with E-state index in [4.69, 9.17) is 19.9 Å². The van der Waals surface area contributed by atoms with Crippen LogP contribution in [0.5, 0.6) is 11.5 Å². The highest BCUT2D eigenvalue weighted by Crippen LogP contribution is 2.54. The van der Waals surface area contributed by atoms with E-state index >= 15 is 0 Å². The molecule has 32 heavy (non-hydrogen) atoms. The standard InChI is InChI=1S/C23H24N6O3/c1-31-14-3-5-17(28-25-8-7-24)16(11-14)23(30)29-20-9-13(20)10-21(29)22-26-18-6-4-15(32-2)12-19(18)27-22/h3-8,11-13,20-21,24,28H,9-10H2,1-2H3,(H,26,27)/b24-7?,25-8-/t13-,20-,21+/m1/s1. The van der Waals surface area contributed by atoms with Gasteiger partial charge >= 0.3 is 0 Å². The summed E-state index contributed by atoms with van der Waals surface area (Å²) >= 11 is 0. The zero-order chi connectivity index (χ0) is 22.2. The maximum atomic E-state index is 13.8. The maximum absolute atomic E-state index is 13.8. The van der Waals surface area contributed by atoms with E-state index < -0.39 is 0 Å². The number of nitrogens with zero attached hydrogens (tertiary/aromatic N) is 3. The van der Waals surface area contributed by atoms with E-state index in [-0.39, 0.29) is 18.0 Å². The van der Waals surface area contributed by atoms with Crippen LogP contribution in [0.1, 0.15) is 35.1 Å². The second-order valence-electron chi connectivity index (χ2n) is 8.00. The predicted molar refractivity (Wildman–Crippen MR) is 122 cm³/mol. The molecular formula is C23H24N6O3. The Kier molecular flexibility index (Phi) is 5.01. The molecule has 9 nitrogen and oxygen atoms in total. The van der Waals surface area contributed by atoms with Crippen LogP contribution in [0.2, 0.25) is 0 Å². The van der Waals surface area contributed by atoms with Crippen LogP contribution in [-0.4, -0.2) is 53.5 Å². The van der Waals surface area contributed by atoms with Crippen molar-refractivity contribution >= 4 is 35.1 Å². The lowest BCUT2D eigenvalue weighted by molar-refractivity contribution is 0.0693. The van der Waals surface area contributed by atoms with Crippen molar-refractivity contribution < 1.29 is 14.3 Å². The number of carbonyl (C=O) groups excluding carboxylic acids is 1. The number of likely N-dealkylation sites (tertiary alicyclic amines) is 1. The lowest BCUT2D eigenvalue weighted by Crippen LogP contribution is -2.34. The van der Waals surface area contributed by atoms with Gasteiger partial charge in [-0.25, -0.2) is 4.98 Å². The second kappa shape index (κ2) is 7.99. The minimum absolute atomic E-state index is 0.0931. The summed E-state index contributed by atoms with van der Waals surface area (Å²) in [6.07, 6.45) is 4.28. The molecule has 1 amide bonds. The number of aromatic nitrogens is 2. The largest absolute Gasteiger partial charge is 0.497 e. The number of hydrazone groups is 1. The van der Waals surface area contributed by atoms with Gasteiger partial charge in [0.1, 0.15) is 17.3 Å². The third-order valence-electron chi connectivity index (χ3n) is 6.15. The van der Waals surface area contributed by atoms with Gasteiger partial charge in [-0.15, -0.1) is 0 Å². The Morgan fingerprint density at radius 3 is 2.78 bits per heavy atom. The van der Waals surface area contributed by atoms with Gasteiger partial charge < -0.3 is 24.8 Å². The first kappa shape index (κ1) is 20.0. The Bertz CT molecular complexity index is 1220. The third-order valence-corrected chi connectivity index (χ3v) is 6.15. The molecule has 1 saturated heterocycles. The fraction of sp³-hybridized carbons (Fsp3) is 0.304. The number of hydrogen-bond acceptors (Lipinski definition) is 7. The smallest absolute Gasteiger partial charge is 0.257 e. The van der Waals surface area contributed by atoms with Gasteiger partial charge in [0.15, 0.2) is 0 Å². The number of nitrogens with one attached hydrogen (secondary N) is 3. The van der Waals surface area contributed by atoms with Gasteiger partial charge in [0.2, 0.25) is 0 Å². The average Bonchev–Trinajstić information content (AvgIpc) is 3.28. The molecule has 1 saturated carbocycles. The maximum Gasteiger partial charge on any atom is 0.257 e. The number of anilines is 1. The van der Waals surface area contributed by atoms with Crippen LogP contribution in [0.3, 0.4) is 0 Å². The fourth-order valence-electron chi connectivity index (χ4n) is 4.49. The van der Waals surface area contributed by atoms with Crippen LogP contribution >= 0.6 is 0 Å². The van der Waals surface area contributed by atoms with Crippen molar-refractivity contribution in [3.05, 3.63) is 47.8 Å². The topological polar surface area (TPSA) is 116 Å². The monoisotopic (exact) mass is 432 g/mol. The number of hydrogen-bond donors (Lipinski definition) is 3. The number of imidazole rings is 1. The normalized spacial score (nSPS) is 21.6. The molecule has 2 fully saturated rings. The average molecular weight is 432 g/mol. The Labute approximate surface area is 184 Å². The molecule has 1 aliphatic carbocycles. The molecule has 0 bridgehead atoms. The van der Waals surface area contributed by atoms with Crippen molar-refractivity contribution in [1.82, 2.24) is 14.9 Å². The van der Waals surface area contributed by atoms with Gasteiger partial charge in [0.05, 0.1) is 48.8 Å². The second-order valence-corrected chi connectivity index (χ2v) is 8.00. The van der Waals surface area contributed by atoms with Crippen molar-refractivity contribution in [2.24, 2.45) is 11.0 Å². The number of fused-ring (bicyclic) bond motifs is 2. The molecule has 1 aliphatic heterocycles. The molecule has 2 aliphatic rings. The Morgan fingerprint density at radius 2 is 2.00 bits per heavy atom. The molecule has 2 heterocycles. The van der Waals surface area contributed by atoms with Gasteiger partial charge in [-0.05, 0) is 49.1 Å². The highest BCUT2D eigenvalue weighted by Gasteiger charge is 2.55. The lowest BCUT2D eigenvalue weighted by Gasteiger charge is -2.27. The number of piperidine rings is 1. The molecule has 5 rings (SSSR count).